The van der Waals surface area contributed by atoms with Crippen LogP contribution in [0.1, 0.15) is 119 Å². The van der Waals surface area contributed by atoms with E-state index in [1.807, 2.05) is 18.2 Å². The van der Waals surface area contributed by atoms with E-state index in [4.69, 9.17) is 4.74 Å². The number of ether oxygens (including phenoxy) is 1. The molecule has 10 rings (SSSR count). The van der Waals surface area contributed by atoms with Gasteiger partial charge in [0.15, 0.2) is 0 Å². The number of hydrogen-bond donors (Lipinski definition) is 1. The fourth-order valence-corrected chi connectivity index (χ4v) is 10.8. The first-order valence-electron chi connectivity index (χ1n) is 22.0. The lowest BCUT2D eigenvalue weighted by Crippen LogP contribution is -2.25. The molecule has 1 N–H and O–H groups in total. The molecule has 0 amide bonds. The molecule has 8 nitrogen and oxygen atoms in total. The summed E-state index contributed by atoms with van der Waals surface area (Å²) in [6, 6.07) is 29.5. The predicted molar refractivity (Wildman–Crippen MR) is 245 cm³/mol. The lowest BCUT2D eigenvalue weighted by Gasteiger charge is -2.27. The Labute approximate surface area is 360 Å². The summed E-state index contributed by atoms with van der Waals surface area (Å²) in [4.78, 5) is 28.7. The van der Waals surface area contributed by atoms with E-state index in [9.17, 15) is 14.7 Å². The molecule has 314 valence electrons. The third kappa shape index (κ3) is 7.90. The molecule has 4 aromatic carbocycles. The molecule has 2 aromatic heterocycles. The Hall–Kier alpha value is -4.89. The number of esters is 1. The first kappa shape index (κ1) is 41.8. The Morgan fingerprint density at radius 2 is 1.02 bits per heavy atom. The Balaban J connectivity index is 0.000000164. The molecule has 0 radical (unpaired) electrons. The number of likely N-dealkylation sites (N-methyl/N-ethyl adjacent to an activating group) is 2. The summed E-state index contributed by atoms with van der Waals surface area (Å²) in [7, 11) is 5.81. The molecular weight excluding hydrogens is 768 g/mol. The van der Waals surface area contributed by atoms with Crippen molar-refractivity contribution in [3.63, 3.8) is 0 Å². The molecule has 6 aromatic rings. The zero-order chi connectivity index (χ0) is 40.6. The average Bonchev–Trinajstić information content (AvgIpc) is 3.75. The summed E-state index contributed by atoms with van der Waals surface area (Å²) >= 11 is 0. The third-order valence-electron chi connectivity index (χ3n) is 13.7. The van der Waals surface area contributed by atoms with Crippen LogP contribution in [0.25, 0.3) is 44.3 Å². The maximum Gasteiger partial charge on any atom is 0.337 e. The van der Waals surface area contributed by atoms with Crippen LogP contribution in [0, 0.1) is 0 Å². The summed E-state index contributed by atoms with van der Waals surface area (Å²) in [5.41, 5.74) is 14.3. The van der Waals surface area contributed by atoms with Gasteiger partial charge < -0.3 is 28.8 Å². The summed E-state index contributed by atoms with van der Waals surface area (Å²) in [6.07, 6.45) is 12.8. The van der Waals surface area contributed by atoms with Crippen LogP contribution in [0.3, 0.4) is 0 Å². The molecule has 2 saturated carbocycles. The van der Waals surface area contributed by atoms with E-state index >= 15 is 0 Å². The molecule has 0 atom stereocenters. The van der Waals surface area contributed by atoms with Gasteiger partial charge in [-0.05, 0) is 98.1 Å². The van der Waals surface area contributed by atoms with E-state index in [0.29, 0.717) is 23.0 Å². The number of benzene rings is 4. The topological polar surface area (TPSA) is 79.9 Å². The SMILES string of the molecule is CN1CCn2c(c(C3CCCCC3)c3ccc(C(=O)O)cc32)-c2ccccc2C1.COC(=O)c1ccc2c(C3CCCCC3)c3n(c2c1)CCN(C)Cc1ccccc1-3.Cl. The fourth-order valence-electron chi connectivity index (χ4n) is 10.8. The lowest BCUT2D eigenvalue weighted by molar-refractivity contribution is 0.0600. The number of fused-ring (bicyclic) bond motifs is 10. The zero-order valence-electron chi connectivity index (χ0n) is 35.4. The van der Waals surface area contributed by atoms with E-state index in [1.54, 1.807) is 6.07 Å². The van der Waals surface area contributed by atoms with Gasteiger partial charge in [-0.3, -0.25) is 0 Å². The second-order valence-electron chi connectivity index (χ2n) is 17.5. The Morgan fingerprint density at radius 3 is 1.47 bits per heavy atom. The van der Waals surface area contributed by atoms with Crippen molar-refractivity contribution in [2.75, 3.05) is 34.3 Å². The van der Waals surface area contributed by atoms with Crippen LogP contribution < -0.4 is 0 Å². The molecule has 0 unspecified atom stereocenters. The highest BCUT2D eigenvalue weighted by Crippen LogP contribution is 2.47. The molecule has 2 fully saturated rings. The van der Waals surface area contributed by atoms with Crippen LogP contribution in [-0.2, 0) is 30.9 Å². The highest BCUT2D eigenvalue weighted by Gasteiger charge is 2.31. The van der Waals surface area contributed by atoms with Crippen molar-refractivity contribution in [3.05, 3.63) is 118 Å². The van der Waals surface area contributed by atoms with Crippen molar-refractivity contribution >= 4 is 46.2 Å². The molecule has 2 aliphatic heterocycles. The van der Waals surface area contributed by atoms with Gasteiger partial charge in [0.1, 0.15) is 0 Å². The van der Waals surface area contributed by atoms with Gasteiger partial charge in [-0.2, -0.15) is 0 Å². The Kier molecular flexibility index (Phi) is 12.5. The smallest absolute Gasteiger partial charge is 0.337 e. The van der Waals surface area contributed by atoms with E-state index in [1.165, 1.54) is 132 Å². The molecule has 2 aliphatic carbocycles. The summed E-state index contributed by atoms with van der Waals surface area (Å²) < 4.78 is 9.89. The number of carbonyl (C=O) groups excluding carboxylic acids is 1. The van der Waals surface area contributed by atoms with Gasteiger partial charge in [-0.1, -0.05) is 99.2 Å². The molecule has 0 saturated heterocycles. The van der Waals surface area contributed by atoms with Crippen molar-refractivity contribution in [2.45, 2.75) is 102 Å². The number of carbonyl (C=O) groups is 2. The van der Waals surface area contributed by atoms with Gasteiger partial charge in [0, 0.05) is 72.2 Å². The van der Waals surface area contributed by atoms with Crippen LogP contribution in [0.4, 0.5) is 0 Å². The number of aromatic carboxylic acids is 1. The molecule has 4 heterocycles. The first-order valence-corrected chi connectivity index (χ1v) is 22.0. The minimum absolute atomic E-state index is 0. The number of aromatic nitrogens is 2. The second kappa shape index (κ2) is 18.0. The van der Waals surface area contributed by atoms with E-state index in [-0.39, 0.29) is 18.4 Å². The monoisotopic (exact) mass is 826 g/mol. The van der Waals surface area contributed by atoms with Gasteiger partial charge >= 0.3 is 11.9 Å². The van der Waals surface area contributed by atoms with Crippen molar-refractivity contribution in [2.24, 2.45) is 0 Å². The average molecular weight is 828 g/mol. The Morgan fingerprint density at radius 1 is 0.583 bits per heavy atom. The second-order valence-corrected chi connectivity index (χ2v) is 17.5. The van der Waals surface area contributed by atoms with Crippen LogP contribution in [0.15, 0.2) is 84.9 Å². The van der Waals surface area contributed by atoms with Crippen LogP contribution in [0.5, 0.6) is 0 Å². The summed E-state index contributed by atoms with van der Waals surface area (Å²) in [5.74, 6) is 0.0233. The number of carboxylic acids is 1. The molecule has 9 heteroatoms. The highest BCUT2D eigenvalue weighted by molar-refractivity contribution is 6.00. The normalized spacial score (nSPS) is 17.6. The van der Waals surface area contributed by atoms with Gasteiger partial charge in [-0.15, -0.1) is 12.4 Å². The maximum absolute atomic E-state index is 12.3. The summed E-state index contributed by atoms with van der Waals surface area (Å²) in [6.45, 7) is 5.65. The molecule has 0 spiro atoms. The maximum atomic E-state index is 12.3. The quantitative estimate of drug-likeness (QED) is 0.178. The number of carboxylic acid groups (broad SMARTS) is 1. The van der Waals surface area contributed by atoms with Gasteiger partial charge in [0.05, 0.1) is 29.6 Å². The first-order chi connectivity index (χ1) is 28.8. The number of rotatable bonds is 4. The van der Waals surface area contributed by atoms with E-state index in [0.717, 1.165) is 44.8 Å². The third-order valence-corrected chi connectivity index (χ3v) is 13.7. The van der Waals surface area contributed by atoms with Crippen LogP contribution >= 0.6 is 12.4 Å². The lowest BCUT2D eigenvalue weighted by atomic mass is 9.81. The van der Waals surface area contributed by atoms with Crippen molar-refractivity contribution < 1.29 is 19.4 Å². The van der Waals surface area contributed by atoms with Crippen molar-refractivity contribution in [3.8, 4) is 22.5 Å². The number of nitrogens with zero attached hydrogens (tertiary/aromatic N) is 4. The highest BCUT2D eigenvalue weighted by atomic mass is 35.5. The van der Waals surface area contributed by atoms with Crippen LogP contribution in [0.2, 0.25) is 0 Å². The number of hydrogen-bond acceptors (Lipinski definition) is 5. The van der Waals surface area contributed by atoms with Crippen molar-refractivity contribution in [1.29, 1.82) is 0 Å². The standard InChI is InChI=1S/C26H30N2O2.C25H28N2O2.ClH/c1-27-14-15-28-23-16-19(26(29)30-2)12-13-22(23)24(18-8-4-3-5-9-18)25(28)21-11-7-6-10-20(21)17-27;1-26-13-14-27-22-15-18(25(28)29)11-12-21(22)23(17-7-3-2-4-8-17)24(27)20-10-6-5-9-19(20)16-26;/h6-7,10-13,16,18H,3-5,8-9,14-15,17H2,1-2H3;5-6,9-12,15,17H,2-4,7-8,13-14,16H2,1H3,(H,28,29);1H. The van der Waals surface area contributed by atoms with Gasteiger partial charge in [-0.25, -0.2) is 9.59 Å². The molecule has 60 heavy (non-hydrogen) atoms. The van der Waals surface area contributed by atoms with E-state index < -0.39 is 5.97 Å². The number of halogens is 1. The van der Waals surface area contributed by atoms with Crippen molar-refractivity contribution in [1.82, 2.24) is 18.9 Å². The van der Waals surface area contributed by atoms with Crippen LogP contribution in [-0.4, -0.2) is 70.3 Å². The minimum atomic E-state index is -0.856. The zero-order valence-corrected chi connectivity index (χ0v) is 36.2. The molecular formula is C51H59ClN4O4. The molecule has 0 bridgehead atoms. The number of methoxy groups -OCH3 is 1. The Bertz CT molecular complexity index is 2520. The molecule has 4 aliphatic rings. The predicted octanol–water partition coefficient (Wildman–Crippen LogP) is 11.5. The largest absolute Gasteiger partial charge is 0.478 e. The van der Waals surface area contributed by atoms with Gasteiger partial charge in [0.2, 0.25) is 0 Å². The van der Waals surface area contributed by atoms with Gasteiger partial charge in [0.25, 0.3) is 0 Å². The van der Waals surface area contributed by atoms with E-state index in [2.05, 4.69) is 93.7 Å². The minimum Gasteiger partial charge on any atom is -0.478 e. The fraction of sp³-hybridized carbons (Fsp3) is 0.412. The summed E-state index contributed by atoms with van der Waals surface area (Å²) in [5, 5.41) is 12.1.